The number of piperidine rings is 1. The van der Waals surface area contributed by atoms with E-state index in [1.165, 1.54) is 20.0 Å². The van der Waals surface area contributed by atoms with Gasteiger partial charge in [-0.25, -0.2) is 4.79 Å². The van der Waals surface area contributed by atoms with E-state index in [9.17, 15) is 9.90 Å². The maximum atomic E-state index is 11.5. The predicted molar refractivity (Wildman–Crippen MR) is 80.6 cm³/mol. The Morgan fingerprint density at radius 1 is 1.50 bits per heavy atom. The third-order valence-electron chi connectivity index (χ3n) is 3.81. The second kappa shape index (κ2) is 7.20. The second-order valence-electron chi connectivity index (χ2n) is 5.10. The molecule has 1 N–H and O–H groups in total. The molecule has 0 aromatic heterocycles. The van der Waals surface area contributed by atoms with Crippen LogP contribution in [-0.4, -0.2) is 42.3 Å². The molecule has 1 fully saturated rings. The lowest BCUT2D eigenvalue weighted by Crippen LogP contribution is -2.41. The van der Waals surface area contributed by atoms with Crippen molar-refractivity contribution in [2.24, 2.45) is 0 Å². The van der Waals surface area contributed by atoms with Crippen LogP contribution in [0.2, 0.25) is 0 Å². The summed E-state index contributed by atoms with van der Waals surface area (Å²) in [5.41, 5.74) is 1.67. The van der Waals surface area contributed by atoms with Gasteiger partial charge in [0, 0.05) is 17.1 Å². The van der Waals surface area contributed by atoms with Crippen molar-refractivity contribution in [1.82, 2.24) is 4.90 Å². The van der Waals surface area contributed by atoms with E-state index in [0.29, 0.717) is 5.56 Å². The average molecular weight is 342 g/mol. The van der Waals surface area contributed by atoms with Gasteiger partial charge in [-0.1, -0.05) is 28.4 Å². The number of rotatable bonds is 4. The Balaban J connectivity index is 2.11. The Bertz CT molecular complexity index is 478. The highest BCUT2D eigenvalue weighted by Gasteiger charge is 2.22. The summed E-state index contributed by atoms with van der Waals surface area (Å²) in [5, 5.41) is 9.44. The third-order valence-corrected chi connectivity index (χ3v) is 4.55. The topological polar surface area (TPSA) is 49.8 Å². The number of hydrogen-bond acceptors (Lipinski definition) is 4. The fourth-order valence-corrected chi connectivity index (χ4v) is 3.12. The predicted octanol–water partition coefficient (Wildman–Crippen LogP) is 2.58. The average Bonchev–Trinajstić information content (AvgIpc) is 2.49. The number of nitrogens with zero attached hydrogens (tertiary/aromatic N) is 1. The Hall–Kier alpha value is -0.910. The molecular weight excluding hydrogens is 322 g/mol. The van der Waals surface area contributed by atoms with Gasteiger partial charge in [0.1, 0.15) is 0 Å². The zero-order valence-corrected chi connectivity index (χ0v) is 13.2. The molecule has 1 aromatic rings. The summed E-state index contributed by atoms with van der Waals surface area (Å²) in [7, 11) is 1.38. The molecule has 0 aliphatic carbocycles. The zero-order chi connectivity index (χ0) is 14.5. The van der Waals surface area contributed by atoms with Gasteiger partial charge in [-0.2, -0.15) is 0 Å². The summed E-state index contributed by atoms with van der Waals surface area (Å²) in [6, 6.07) is 5.76. The Morgan fingerprint density at radius 2 is 2.30 bits per heavy atom. The summed E-state index contributed by atoms with van der Waals surface area (Å²) in [4.78, 5) is 13.8. The van der Waals surface area contributed by atoms with E-state index in [1.54, 1.807) is 12.1 Å². The number of benzene rings is 1. The molecular formula is C15H20BrNO3. The van der Waals surface area contributed by atoms with E-state index >= 15 is 0 Å². The molecule has 1 saturated heterocycles. The van der Waals surface area contributed by atoms with Crippen molar-refractivity contribution in [3.8, 4) is 0 Å². The van der Waals surface area contributed by atoms with Crippen LogP contribution in [0.15, 0.2) is 22.7 Å². The fourth-order valence-electron chi connectivity index (χ4n) is 2.61. The zero-order valence-electron chi connectivity index (χ0n) is 11.6. The van der Waals surface area contributed by atoms with E-state index in [2.05, 4.69) is 20.8 Å². The van der Waals surface area contributed by atoms with E-state index in [4.69, 9.17) is 4.74 Å². The van der Waals surface area contributed by atoms with E-state index < -0.39 is 0 Å². The lowest BCUT2D eigenvalue weighted by atomic mass is 10.0. The van der Waals surface area contributed by atoms with Gasteiger partial charge in [-0.15, -0.1) is 0 Å². The van der Waals surface area contributed by atoms with E-state index in [1.807, 2.05) is 6.07 Å². The Morgan fingerprint density at radius 3 is 2.95 bits per heavy atom. The van der Waals surface area contributed by atoms with Crippen molar-refractivity contribution in [2.45, 2.75) is 31.8 Å². The first-order valence-electron chi connectivity index (χ1n) is 6.87. The van der Waals surface area contributed by atoms with Crippen molar-refractivity contribution in [2.75, 3.05) is 20.3 Å². The first-order valence-corrected chi connectivity index (χ1v) is 7.66. The number of likely N-dealkylation sites (tertiary alicyclic amines) is 1. The van der Waals surface area contributed by atoms with E-state index in [0.717, 1.165) is 29.5 Å². The van der Waals surface area contributed by atoms with Crippen molar-refractivity contribution in [1.29, 1.82) is 0 Å². The molecule has 0 amide bonds. The van der Waals surface area contributed by atoms with Crippen molar-refractivity contribution < 1.29 is 14.6 Å². The number of carbonyl (C=O) groups excluding carboxylic acids is 1. The molecule has 20 heavy (non-hydrogen) atoms. The number of aliphatic hydroxyl groups excluding tert-OH is 1. The summed E-state index contributed by atoms with van der Waals surface area (Å²) < 4.78 is 5.62. The number of ether oxygens (including phenoxy) is 1. The Kier molecular flexibility index (Phi) is 5.57. The molecule has 0 saturated carbocycles. The van der Waals surface area contributed by atoms with Crippen LogP contribution in [0.1, 0.15) is 35.2 Å². The highest BCUT2D eigenvalue weighted by Crippen LogP contribution is 2.24. The van der Waals surface area contributed by atoms with Crippen LogP contribution in [-0.2, 0) is 11.3 Å². The number of methoxy groups -OCH3 is 1. The molecule has 0 bridgehead atoms. The SMILES string of the molecule is COC(=O)c1ccc(CN2CCCCC2CO)c(Br)c1. The van der Waals surface area contributed by atoms with Gasteiger partial charge in [0.15, 0.2) is 0 Å². The summed E-state index contributed by atoms with van der Waals surface area (Å²) in [6.07, 6.45) is 3.41. The summed E-state index contributed by atoms with van der Waals surface area (Å²) in [5.74, 6) is -0.330. The van der Waals surface area contributed by atoms with Crippen LogP contribution in [0, 0.1) is 0 Å². The molecule has 1 unspecified atom stereocenters. The van der Waals surface area contributed by atoms with Crippen LogP contribution in [0.4, 0.5) is 0 Å². The molecule has 1 aromatic carbocycles. The quantitative estimate of drug-likeness (QED) is 0.855. The summed E-state index contributed by atoms with van der Waals surface area (Å²) >= 11 is 3.52. The largest absolute Gasteiger partial charge is 0.465 e. The number of aliphatic hydroxyl groups is 1. The molecule has 0 spiro atoms. The van der Waals surface area contributed by atoms with Crippen LogP contribution in [0.3, 0.4) is 0 Å². The minimum Gasteiger partial charge on any atom is -0.465 e. The molecule has 2 rings (SSSR count). The molecule has 1 aliphatic heterocycles. The molecule has 4 nitrogen and oxygen atoms in total. The van der Waals surface area contributed by atoms with Gasteiger partial charge in [0.05, 0.1) is 19.3 Å². The highest BCUT2D eigenvalue weighted by atomic mass is 79.9. The number of carbonyl (C=O) groups is 1. The minimum absolute atomic E-state index is 0.206. The standard InChI is InChI=1S/C15H20BrNO3/c1-20-15(19)11-5-6-12(14(16)8-11)9-17-7-3-2-4-13(17)10-18/h5-6,8,13,18H,2-4,7,9-10H2,1H3. The molecule has 1 atom stereocenters. The number of halogens is 1. The Labute approximate surface area is 127 Å². The van der Waals surface area contributed by atoms with Crippen LogP contribution in [0.5, 0.6) is 0 Å². The molecule has 1 heterocycles. The minimum atomic E-state index is -0.330. The lowest BCUT2D eigenvalue weighted by molar-refractivity contribution is 0.0600. The van der Waals surface area contributed by atoms with Gasteiger partial charge in [-0.3, -0.25) is 4.90 Å². The fraction of sp³-hybridized carbons (Fsp3) is 0.533. The summed E-state index contributed by atoms with van der Waals surface area (Å²) in [6.45, 7) is 2.00. The van der Waals surface area contributed by atoms with Crippen LogP contribution < -0.4 is 0 Å². The first kappa shape index (κ1) is 15.5. The van der Waals surface area contributed by atoms with Gasteiger partial charge in [-0.05, 0) is 37.1 Å². The maximum Gasteiger partial charge on any atom is 0.337 e. The maximum absolute atomic E-state index is 11.5. The van der Waals surface area contributed by atoms with Crippen molar-refractivity contribution in [3.05, 3.63) is 33.8 Å². The van der Waals surface area contributed by atoms with Gasteiger partial charge in [0.25, 0.3) is 0 Å². The second-order valence-corrected chi connectivity index (χ2v) is 5.95. The van der Waals surface area contributed by atoms with Crippen LogP contribution in [0.25, 0.3) is 0 Å². The van der Waals surface area contributed by atoms with Gasteiger partial charge in [0.2, 0.25) is 0 Å². The third kappa shape index (κ3) is 3.59. The van der Waals surface area contributed by atoms with Crippen molar-refractivity contribution >= 4 is 21.9 Å². The van der Waals surface area contributed by atoms with Gasteiger partial charge >= 0.3 is 5.97 Å². The molecule has 1 aliphatic rings. The molecule has 0 radical (unpaired) electrons. The monoisotopic (exact) mass is 341 g/mol. The lowest BCUT2D eigenvalue weighted by Gasteiger charge is -2.34. The smallest absolute Gasteiger partial charge is 0.337 e. The normalized spacial score (nSPS) is 19.9. The van der Waals surface area contributed by atoms with Crippen LogP contribution >= 0.6 is 15.9 Å². The molecule has 110 valence electrons. The molecule has 5 heteroatoms. The number of esters is 1. The first-order chi connectivity index (χ1) is 9.65. The van der Waals surface area contributed by atoms with Gasteiger partial charge < -0.3 is 9.84 Å². The van der Waals surface area contributed by atoms with Crippen molar-refractivity contribution in [3.63, 3.8) is 0 Å². The number of hydrogen-bond donors (Lipinski definition) is 1. The van der Waals surface area contributed by atoms with E-state index in [-0.39, 0.29) is 18.6 Å². The highest BCUT2D eigenvalue weighted by molar-refractivity contribution is 9.10.